The van der Waals surface area contributed by atoms with Crippen molar-refractivity contribution in [2.45, 2.75) is 26.2 Å². The van der Waals surface area contributed by atoms with E-state index in [0.29, 0.717) is 16.1 Å². The molecule has 0 aliphatic heterocycles. The fraction of sp³-hybridized carbons (Fsp3) is 0.286. The number of pyridine rings is 1. The van der Waals surface area contributed by atoms with E-state index in [9.17, 15) is 19.2 Å². The van der Waals surface area contributed by atoms with Crippen LogP contribution in [0.3, 0.4) is 0 Å². The molecule has 1 aromatic carbocycles. The van der Waals surface area contributed by atoms with Crippen molar-refractivity contribution in [2.75, 3.05) is 18.5 Å². The van der Waals surface area contributed by atoms with Crippen molar-refractivity contribution in [3.63, 3.8) is 0 Å². The first kappa shape index (κ1) is 24.3. The van der Waals surface area contributed by atoms with Crippen LogP contribution in [0.1, 0.15) is 35.2 Å². The summed E-state index contributed by atoms with van der Waals surface area (Å²) in [4.78, 5) is 51.3. The minimum absolute atomic E-state index is 0.0133. The molecule has 2 aromatic rings. The zero-order chi connectivity index (χ0) is 22.8. The second-order valence-electron chi connectivity index (χ2n) is 6.49. The molecule has 1 aromatic heterocycles. The summed E-state index contributed by atoms with van der Waals surface area (Å²) in [5.74, 6) is -1.66. The second kappa shape index (κ2) is 12.0. The zero-order valence-electron chi connectivity index (χ0n) is 16.7. The van der Waals surface area contributed by atoms with Crippen LogP contribution in [0.15, 0.2) is 36.5 Å². The summed E-state index contributed by atoms with van der Waals surface area (Å²) in [6, 6.07) is 8.67. The highest BCUT2D eigenvalue weighted by atomic mass is 35.5. The van der Waals surface area contributed by atoms with Crippen LogP contribution in [0.25, 0.3) is 0 Å². The lowest BCUT2D eigenvalue weighted by Gasteiger charge is -2.09. The zero-order valence-corrected chi connectivity index (χ0v) is 18.3. The number of ketones is 1. The number of halogens is 2. The fourth-order valence-corrected chi connectivity index (χ4v) is 2.81. The maximum atomic E-state index is 12.0. The number of Topliss-reactive ketones (excluding diaryl/α,β-unsaturated/α-hetero) is 1. The lowest BCUT2D eigenvalue weighted by molar-refractivity contribution is -0.147. The Morgan fingerprint density at radius 3 is 2.42 bits per heavy atom. The summed E-state index contributed by atoms with van der Waals surface area (Å²) in [5.41, 5.74) is 1.11. The number of esters is 1. The predicted octanol–water partition coefficient (Wildman–Crippen LogP) is 3.35. The summed E-state index contributed by atoms with van der Waals surface area (Å²) in [5, 5.41) is 5.52. The highest BCUT2D eigenvalue weighted by Crippen LogP contribution is 2.28. The Balaban J connectivity index is 1.63. The molecule has 2 rings (SSSR count). The molecule has 2 amide bonds. The molecular weight excluding hydrogens is 445 g/mol. The summed E-state index contributed by atoms with van der Waals surface area (Å²) in [6.45, 7) is 1.18. The van der Waals surface area contributed by atoms with Crippen molar-refractivity contribution in [2.24, 2.45) is 0 Å². The molecule has 10 heteroatoms. The Bertz CT molecular complexity index is 967. The smallest absolute Gasteiger partial charge is 0.308 e. The first-order valence-electron chi connectivity index (χ1n) is 9.39. The van der Waals surface area contributed by atoms with E-state index in [1.54, 1.807) is 37.3 Å². The molecule has 0 atom stereocenters. The van der Waals surface area contributed by atoms with E-state index >= 15 is 0 Å². The molecule has 0 aliphatic carbocycles. The number of hydrogen-bond acceptors (Lipinski definition) is 6. The first-order chi connectivity index (χ1) is 14.8. The van der Waals surface area contributed by atoms with Crippen LogP contribution in [0.5, 0.6) is 0 Å². The number of nitrogens with one attached hydrogen (secondary N) is 2. The summed E-state index contributed by atoms with van der Waals surface area (Å²) in [7, 11) is 0. The maximum absolute atomic E-state index is 12.0. The SMILES string of the molecule is Cc1c(Cl)cnc(NC(=O)COC(=O)CCNC(=O)CCC(=O)c2ccccc2)c1Cl. The van der Waals surface area contributed by atoms with Gasteiger partial charge in [-0.15, -0.1) is 0 Å². The van der Waals surface area contributed by atoms with Crippen molar-refractivity contribution in [3.8, 4) is 0 Å². The molecule has 31 heavy (non-hydrogen) atoms. The summed E-state index contributed by atoms with van der Waals surface area (Å²) in [6.07, 6.45) is 1.31. The molecule has 1 heterocycles. The van der Waals surface area contributed by atoms with E-state index in [4.69, 9.17) is 27.9 Å². The van der Waals surface area contributed by atoms with Gasteiger partial charge in [0.2, 0.25) is 5.91 Å². The maximum Gasteiger partial charge on any atom is 0.308 e. The monoisotopic (exact) mass is 465 g/mol. The van der Waals surface area contributed by atoms with E-state index in [2.05, 4.69) is 15.6 Å². The normalized spacial score (nSPS) is 10.3. The summed E-state index contributed by atoms with van der Waals surface area (Å²) >= 11 is 11.9. The lowest BCUT2D eigenvalue weighted by atomic mass is 10.1. The van der Waals surface area contributed by atoms with Gasteiger partial charge in [-0.05, 0) is 12.5 Å². The third kappa shape index (κ3) is 7.99. The van der Waals surface area contributed by atoms with Crippen molar-refractivity contribution in [1.82, 2.24) is 10.3 Å². The predicted molar refractivity (Wildman–Crippen MR) is 116 cm³/mol. The minimum atomic E-state index is -0.665. The van der Waals surface area contributed by atoms with Gasteiger partial charge in [0.05, 0.1) is 16.5 Å². The average molecular weight is 466 g/mol. The Kier molecular flexibility index (Phi) is 9.42. The standard InChI is InChI=1S/C21H21Cl2N3O5/c1-13-15(22)11-25-21(20(13)23)26-18(29)12-31-19(30)9-10-24-17(28)8-7-16(27)14-5-3-2-4-6-14/h2-6,11H,7-10,12H2,1H3,(H,24,28)(H,25,26,29). The van der Waals surface area contributed by atoms with E-state index in [-0.39, 0.29) is 48.3 Å². The fourth-order valence-electron chi connectivity index (χ4n) is 2.42. The topological polar surface area (TPSA) is 114 Å². The lowest BCUT2D eigenvalue weighted by Crippen LogP contribution is -2.28. The molecule has 0 radical (unpaired) electrons. The number of anilines is 1. The number of ether oxygens (including phenoxy) is 1. The molecule has 8 nitrogen and oxygen atoms in total. The van der Waals surface area contributed by atoms with Crippen molar-refractivity contribution >= 4 is 52.6 Å². The van der Waals surface area contributed by atoms with Gasteiger partial charge in [-0.25, -0.2) is 4.98 Å². The molecule has 0 aliphatic rings. The number of nitrogens with zero attached hydrogens (tertiary/aromatic N) is 1. The molecule has 2 N–H and O–H groups in total. The minimum Gasteiger partial charge on any atom is -0.456 e. The number of aromatic nitrogens is 1. The number of benzene rings is 1. The van der Waals surface area contributed by atoms with Crippen LogP contribution in [0.2, 0.25) is 10.0 Å². The van der Waals surface area contributed by atoms with Crippen LogP contribution in [0.4, 0.5) is 5.82 Å². The molecule has 0 saturated carbocycles. The van der Waals surface area contributed by atoms with Gasteiger partial charge in [-0.2, -0.15) is 0 Å². The van der Waals surface area contributed by atoms with E-state index in [0.717, 1.165) is 0 Å². The van der Waals surface area contributed by atoms with Crippen molar-refractivity contribution < 1.29 is 23.9 Å². The molecule has 0 spiro atoms. The molecule has 0 fully saturated rings. The number of carbonyl (C=O) groups is 4. The van der Waals surface area contributed by atoms with Gasteiger partial charge in [0, 0.05) is 31.1 Å². The van der Waals surface area contributed by atoms with E-state index < -0.39 is 18.5 Å². The van der Waals surface area contributed by atoms with Gasteiger partial charge in [0.15, 0.2) is 18.2 Å². The van der Waals surface area contributed by atoms with Gasteiger partial charge in [0.25, 0.3) is 5.91 Å². The Morgan fingerprint density at radius 1 is 1.00 bits per heavy atom. The van der Waals surface area contributed by atoms with Crippen LogP contribution in [-0.4, -0.2) is 41.7 Å². The Hall–Kier alpha value is -2.97. The number of carbonyl (C=O) groups excluding carboxylic acids is 4. The molecular formula is C21H21Cl2N3O5. The highest BCUT2D eigenvalue weighted by Gasteiger charge is 2.14. The average Bonchev–Trinajstić information content (AvgIpc) is 2.77. The van der Waals surface area contributed by atoms with Gasteiger partial charge in [-0.3, -0.25) is 19.2 Å². The molecule has 164 valence electrons. The van der Waals surface area contributed by atoms with Gasteiger partial charge in [0.1, 0.15) is 0 Å². The van der Waals surface area contributed by atoms with Crippen LogP contribution < -0.4 is 10.6 Å². The largest absolute Gasteiger partial charge is 0.456 e. The van der Waals surface area contributed by atoms with Gasteiger partial charge >= 0.3 is 5.97 Å². The number of hydrogen-bond donors (Lipinski definition) is 2. The van der Waals surface area contributed by atoms with Crippen LogP contribution in [0, 0.1) is 6.92 Å². The van der Waals surface area contributed by atoms with Crippen molar-refractivity contribution in [1.29, 1.82) is 0 Å². The third-order valence-corrected chi connectivity index (χ3v) is 4.99. The van der Waals surface area contributed by atoms with Crippen molar-refractivity contribution in [3.05, 3.63) is 57.7 Å². The van der Waals surface area contributed by atoms with Gasteiger partial charge < -0.3 is 15.4 Å². The van der Waals surface area contributed by atoms with E-state index in [1.807, 2.05) is 0 Å². The summed E-state index contributed by atoms with van der Waals surface area (Å²) < 4.78 is 4.85. The molecule has 0 saturated heterocycles. The Labute approximate surface area is 189 Å². The third-order valence-electron chi connectivity index (χ3n) is 4.15. The number of amides is 2. The second-order valence-corrected chi connectivity index (χ2v) is 7.28. The quantitative estimate of drug-likeness (QED) is 0.410. The Morgan fingerprint density at radius 2 is 1.71 bits per heavy atom. The van der Waals surface area contributed by atoms with Crippen LogP contribution in [-0.2, 0) is 19.1 Å². The highest BCUT2D eigenvalue weighted by molar-refractivity contribution is 6.37. The van der Waals surface area contributed by atoms with E-state index in [1.165, 1.54) is 6.20 Å². The van der Waals surface area contributed by atoms with Crippen LogP contribution >= 0.6 is 23.2 Å². The number of rotatable bonds is 10. The first-order valence-corrected chi connectivity index (χ1v) is 10.1. The molecule has 0 unspecified atom stereocenters. The van der Waals surface area contributed by atoms with Gasteiger partial charge in [-0.1, -0.05) is 53.5 Å². The molecule has 0 bridgehead atoms.